The highest BCUT2D eigenvalue weighted by molar-refractivity contribution is 5.43. The van der Waals surface area contributed by atoms with Crippen LogP contribution in [0.2, 0.25) is 0 Å². The van der Waals surface area contributed by atoms with Gasteiger partial charge in [0.1, 0.15) is 0 Å². The van der Waals surface area contributed by atoms with Crippen LogP contribution in [0.15, 0.2) is 36.7 Å². The molecule has 1 atom stereocenters. The number of nitrogens with zero attached hydrogens (tertiary/aromatic N) is 2. The van der Waals surface area contributed by atoms with Crippen molar-refractivity contribution in [3.05, 3.63) is 42.2 Å². The average molecular weight is 216 g/mol. The highest BCUT2D eigenvalue weighted by Crippen LogP contribution is 2.19. The second-order valence-electron chi connectivity index (χ2n) is 3.90. The van der Waals surface area contributed by atoms with Crippen LogP contribution in [0.1, 0.15) is 18.5 Å². The SMILES string of the molecule is CC(Nc1nccn1C)c1cccc(N)c1. The van der Waals surface area contributed by atoms with Crippen molar-refractivity contribution in [3.8, 4) is 0 Å². The number of imidazole rings is 1. The summed E-state index contributed by atoms with van der Waals surface area (Å²) in [5, 5.41) is 3.33. The Morgan fingerprint density at radius 2 is 2.25 bits per heavy atom. The van der Waals surface area contributed by atoms with Crippen LogP contribution in [-0.4, -0.2) is 9.55 Å². The lowest BCUT2D eigenvalue weighted by Gasteiger charge is -2.15. The van der Waals surface area contributed by atoms with E-state index in [4.69, 9.17) is 5.73 Å². The first kappa shape index (κ1) is 10.5. The molecule has 4 nitrogen and oxygen atoms in total. The molecule has 0 spiro atoms. The van der Waals surface area contributed by atoms with E-state index in [0.717, 1.165) is 17.2 Å². The zero-order valence-electron chi connectivity index (χ0n) is 9.51. The topological polar surface area (TPSA) is 55.9 Å². The maximum Gasteiger partial charge on any atom is 0.202 e. The van der Waals surface area contributed by atoms with Gasteiger partial charge in [-0.1, -0.05) is 12.1 Å². The van der Waals surface area contributed by atoms with Gasteiger partial charge < -0.3 is 15.6 Å². The summed E-state index contributed by atoms with van der Waals surface area (Å²) < 4.78 is 1.95. The first-order chi connectivity index (χ1) is 7.66. The number of nitrogens with two attached hydrogens (primary N) is 1. The lowest BCUT2D eigenvalue weighted by molar-refractivity contribution is 0.823. The number of aryl methyl sites for hydroxylation is 1. The minimum atomic E-state index is 0.185. The van der Waals surface area contributed by atoms with Gasteiger partial charge in [0.15, 0.2) is 0 Å². The molecule has 1 aromatic carbocycles. The van der Waals surface area contributed by atoms with E-state index < -0.39 is 0 Å². The Hall–Kier alpha value is -1.97. The van der Waals surface area contributed by atoms with Gasteiger partial charge in [-0.25, -0.2) is 4.98 Å². The summed E-state index contributed by atoms with van der Waals surface area (Å²) in [7, 11) is 1.96. The van der Waals surface area contributed by atoms with Gasteiger partial charge in [-0.05, 0) is 24.6 Å². The van der Waals surface area contributed by atoms with E-state index in [1.54, 1.807) is 6.20 Å². The van der Waals surface area contributed by atoms with Gasteiger partial charge in [-0.2, -0.15) is 0 Å². The van der Waals surface area contributed by atoms with E-state index in [2.05, 4.69) is 23.3 Å². The molecule has 1 unspecified atom stereocenters. The summed E-state index contributed by atoms with van der Waals surface area (Å²) in [6.07, 6.45) is 3.68. The minimum Gasteiger partial charge on any atom is -0.399 e. The monoisotopic (exact) mass is 216 g/mol. The number of rotatable bonds is 3. The van der Waals surface area contributed by atoms with Crippen LogP contribution >= 0.6 is 0 Å². The molecule has 1 aromatic heterocycles. The molecule has 16 heavy (non-hydrogen) atoms. The van der Waals surface area contributed by atoms with Crippen molar-refractivity contribution < 1.29 is 0 Å². The standard InChI is InChI=1S/C12H16N4/c1-9(10-4-3-5-11(13)8-10)15-12-14-6-7-16(12)2/h3-9H,13H2,1-2H3,(H,14,15). The van der Waals surface area contributed by atoms with Crippen molar-refractivity contribution in [2.24, 2.45) is 7.05 Å². The summed E-state index contributed by atoms with van der Waals surface area (Å²) in [6.45, 7) is 2.09. The van der Waals surface area contributed by atoms with Crippen molar-refractivity contribution in [1.82, 2.24) is 9.55 Å². The fraction of sp³-hybridized carbons (Fsp3) is 0.250. The van der Waals surface area contributed by atoms with E-state index in [-0.39, 0.29) is 6.04 Å². The summed E-state index contributed by atoms with van der Waals surface area (Å²) in [4.78, 5) is 4.22. The predicted molar refractivity (Wildman–Crippen MR) is 66.1 cm³/mol. The molecule has 1 heterocycles. The fourth-order valence-corrected chi connectivity index (χ4v) is 1.61. The second kappa shape index (κ2) is 4.26. The summed E-state index contributed by atoms with van der Waals surface area (Å²) in [5.41, 5.74) is 7.69. The van der Waals surface area contributed by atoms with Crippen LogP contribution in [-0.2, 0) is 7.05 Å². The van der Waals surface area contributed by atoms with Crippen molar-refractivity contribution in [3.63, 3.8) is 0 Å². The van der Waals surface area contributed by atoms with Crippen molar-refractivity contribution in [2.75, 3.05) is 11.1 Å². The number of hydrogen-bond donors (Lipinski definition) is 2. The first-order valence-corrected chi connectivity index (χ1v) is 5.26. The van der Waals surface area contributed by atoms with Gasteiger partial charge in [-0.3, -0.25) is 0 Å². The third-order valence-electron chi connectivity index (χ3n) is 2.58. The Labute approximate surface area is 95.1 Å². The van der Waals surface area contributed by atoms with Gasteiger partial charge in [0.2, 0.25) is 5.95 Å². The van der Waals surface area contributed by atoms with Gasteiger partial charge in [0, 0.05) is 25.1 Å². The third-order valence-corrected chi connectivity index (χ3v) is 2.58. The zero-order chi connectivity index (χ0) is 11.5. The van der Waals surface area contributed by atoms with Crippen LogP contribution in [0.25, 0.3) is 0 Å². The molecule has 4 heteroatoms. The number of anilines is 2. The van der Waals surface area contributed by atoms with E-state index in [1.807, 2.05) is 36.0 Å². The number of hydrogen-bond acceptors (Lipinski definition) is 3. The predicted octanol–water partition coefficient (Wildman–Crippen LogP) is 2.18. The molecule has 0 aliphatic heterocycles. The Kier molecular flexibility index (Phi) is 2.81. The molecule has 0 saturated heterocycles. The summed E-state index contributed by atoms with van der Waals surface area (Å²) >= 11 is 0. The van der Waals surface area contributed by atoms with Gasteiger partial charge in [0.25, 0.3) is 0 Å². The number of nitrogen functional groups attached to an aromatic ring is 1. The lowest BCUT2D eigenvalue weighted by Crippen LogP contribution is -2.10. The largest absolute Gasteiger partial charge is 0.399 e. The molecule has 0 radical (unpaired) electrons. The lowest BCUT2D eigenvalue weighted by atomic mass is 10.1. The summed E-state index contributed by atoms with van der Waals surface area (Å²) in [6, 6.07) is 8.06. The number of benzene rings is 1. The Morgan fingerprint density at radius 1 is 1.44 bits per heavy atom. The highest BCUT2D eigenvalue weighted by atomic mass is 15.2. The average Bonchev–Trinajstić information content (AvgIpc) is 2.64. The van der Waals surface area contributed by atoms with Gasteiger partial charge >= 0.3 is 0 Å². The Morgan fingerprint density at radius 3 is 2.88 bits per heavy atom. The molecule has 2 aromatic rings. The smallest absolute Gasteiger partial charge is 0.202 e. The summed E-state index contributed by atoms with van der Waals surface area (Å²) in [5.74, 6) is 0.856. The molecule has 0 aliphatic rings. The minimum absolute atomic E-state index is 0.185. The fourth-order valence-electron chi connectivity index (χ4n) is 1.61. The maximum absolute atomic E-state index is 5.75. The van der Waals surface area contributed by atoms with Crippen molar-refractivity contribution >= 4 is 11.6 Å². The van der Waals surface area contributed by atoms with Gasteiger partial charge in [-0.15, -0.1) is 0 Å². The Balaban J connectivity index is 2.14. The van der Waals surface area contributed by atoms with E-state index in [9.17, 15) is 0 Å². The van der Waals surface area contributed by atoms with Crippen LogP contribution in [0.4, 0.5) is 11.6 Å². The molecule has 0 amide bonds. The van der Waals surface area contributed by atoms with E-state index >= 15 is 0 Å². The van der Waals surface area contributed by atoms with Crippen molar-refractivity contribution in [2.45, 2.75) is 13.0 Å². The molecule has 84 valence electrons. The van der Waals surface area contributed by atoms with E-state index in [1.165, 1.54) is 0 Å². The molecule has 2 rings (SSSR count). The molecule has 0 bridgehead atoms. The molecule has 3 N–H and O–H groups in total. The molecular weight excluding hydrogens is 200 g/mol. The quantitative estimate of drug-likeness (QED) is 0.773. The molecule has 0 saturated carbocycles. The second-order valence-corrected chi connectivity index (χ2v) is 3.90. The number of nitrogens with one attached hydrogen (secondary N) is 1. The maximum atomic E-state index is 5.75. The van der Waals surface area contributed by atoms with Crippen molar-refractivity contribution in [1.29, 1.82) is 0 Å². The number of aromatic nitrogens is 2. The molecular formula is C12H16N4. The highest BCUT2D eigenvalue weighted by Gasteiger charge is 2.07. The third kappa shape index (κ3) is 2.16. The van der Waals surface area contributed by atoms with Gasteiger partial charge in [0.05, 0.1) is 6.04 Å². The molecule has 0 fully saturated rings. The van der Waals surface area contributed by atoms with Crippen LogP contribution in [0, 0.1) is 0 Å². The van der Waals surface area contributed by atoms with Crippen LogP contribution in [0.5, 0.6) is 0 Å². The zero-order valence-corrected chi connectivity index (χ0v) is 9.51. The first-order valence-electron chi connectivity index (χ1n) is 5.26. The van der Waals surface area contributed by atoms with Crippen LogP contribution < -0.4 is 11.1 Å². The Bertz CT molecular complexity index is 475. The molecule has 0 aliphatic carbocycles. The van der Waals surface area contributed by atoms with E-state index in [0.29, 0.717) is 0 Å². The normalized spacial score (nSPS) is 12.4. The van der Waals surface area contributed by atoms with Crippen LogP contribution in [0.3, 0.4) is 0 Å².